The Morgan fingerprint density at radius 1 is 1.00 bits per heavy atom. The molecule has 0 spiro atoms. The summed E-state index contributed by atoms with van der Waals surface area (Å²) in [5.41, 5.74) is 8.79. The minimum Gasteiger partial charge on any atom is -0.487 e. The summed E-state index contributed by atoms with van der Waals surface area (Å²) >= 11 is 6.45. The first kappa shape index (κ1) is 22.8. The number of fused-ring (bicyclic) bond motifs is 1. The number of hydrogen-bond donors (Lipinski definition) is 2. The van der Waals surface area contributed by atoms with Gasteiger partial charge in [-0.2, -0.15) is 0 Å². The summed E-state index contributed by atoms with van der Waals surface area (Å²) in [4.78, 5) is 8.80. The normalized spacial score (nSPS) is 11.1. The summed E-state index contributed by atoms with van der Waals surface area (Å²) in [6.45, 7) is 0.743. The maximum atomic E-state index is 13.4. The molecule has 8 heteroatoms. The van der Waals surface area contributed by atoms with Gasteiger partial charge < -0.3 is 20.2 Å². The predicted molar refractivity (Wildman–Crippen MR) is 135 cm³/mol. The van der Waals surface area contributed by atoms with Crippen LogP contribution < -0.4 is 15.8 Å². The Labute approximate surface area is 206 Å². The fraction of sp³-hybridized carbons (Fsp3) is 0.111. The Morgan fingerprint density at radius 2 is 1.91 bits per heavy atom. The van der Waals surface area contributed by atoms with Crippen molar-refractivity contribution < 1.29 is 13.5 Å². The summed E-state index contributed by atoms with van der Waals surface area (Å²) in [5, 5.41) is 4.57. The molecule has 6 nitrogen and oxygen atoms in total. The molecule has 0 radical (unpaired) electrons. The van der Waals surface area contributed by atoms with Crippen molar-refractivity contribution in [2.75, 3.05) is 11.9 Å². The molecule has 2 aromatic heterocycles. The van der Waals surface area contributed by atoms with Crippen LogP contribution in [0.5, 0.6) is 5.75 Å². The second kappa shape index (κ2) is 10.1. The highest BCUT2D eigenvalue weighted by Gasteiger charge is 2.11. The minimum absolute atomic E-state index is 0.212. The number of furan rings is 1. The van der Waals surface area contributed by atoms with Gasteiger partial charge in [-0.05, 0) is 72.8 Å². The highest BCUT2D eigenvalue weighted by atomic mass is 35.5. The van der Waals surface area contributed by atoms with E-state index in [-0.39, 0.29) is 12.4 Å². The number of nitrogens with two attached hydrogens (primary N) is 1. The lowest BCUT2D eigenvalue weighted by atomic mass is 10.1. The average Bonchev–Trinajstić information content (AvgIpc) is 3.32. The Hall–Kier alpha value is -3.94. The molecule has 0 aliphatic carbocycles. The number of ether oxygens (including phenoxy) is 1. The molecule has 3 N–H and O–H groups in total. The van der Waals surface area contributed by atoms with Gasteiger partial charge in [0.1, 0.15) is 41.8 Å². The van der Waals surface area contributed by atoms with Gasteiger partial charge in [0.15, 0.2) is 0 Å². The van der Waals surface area contributed by atoms with E-state index in [4.69, 9.17) is 26.5 Å². The maximum absolute atomic E-state index is 13.4. The number of aromatic nitrogens is 2. The molecule has 35 heavy (non-hydrogen) atoms. The molecule has 3 aromatic carbocycles. The van der Waals surface area contributed by atoms with Crippen molar-refractivity contribution in [2.24, 2.45) is 5.73 Å². The van der Waals surface area contributed by atoms with Crippen molar-refractivity contribution in [3.8, 4) is 17.1 Å². The summed E-state index contributed by atoms with van der Waals surface area (Å²) in [6, 6.07) is 21.4. The van der Waals surface area contributed by atoms with E-state index in [2.05, 4.69) is 15.3 Å². The predicted octanol–water partition coefficient (Wildman–Crippen LogP) is 6.51. The number of anilines is 2. The Kier molecular flexibility index (Phi) is 6.61. The Balaban J connectivity index is 1.37. The lowest BCUT2D eigenvalue weighted by Crippen LogP contribution is -2.01. The van der Waals surface area contributed by atoms with Crippen LogP contribution in [0.2, 0.25) is 5.02 Å². The smallest absolute Gasteiger partial charge is 0.141 e. The van der Waals surface area contributed by atoms with Crippen LogP contribution in [-0.4, -0.2) is 16.5 Å². The first-order chi connectivity index (χ1) is 17.1. The van der Waals surface area contributed by atoms with Crippen molar-refractivity contribution in [3.63, 3.8) is 0 Å². The van der Waals surface area contributed by atoms with Crippen LogP contribution in [0.15, 0.2) is 83.5 Å². The molecule has 0 fully saturated rings. The molecule has 5 aromatic rings. The van der Waals surface area contributed by atoms with E-state index >= 15 is 0 Å². The van der Waals surface area contributed by atoms with Gasteiger partial charge in [0.25, 0.3) is 0 Å². The molecular weight excluding hydrogens is 467 g/mol. The quantitative estimate of drug-likeness (QED) is 0.259. The lowest BCUT2D eigenvalue weighted by molar-refractivity contribution is 0.306. The van der Waals surface area contributed by atoms with Gasteiger partial charge >= 0.3 is 0 Å². The third-order valence-corrected chi connectivity index (χ3v) is 5.75. The third-order valence-electron chi connectivity index (χ3n) is 5.45. The highest BCUT2D eigenvalue weighted by Crippen LogP contribution is 2.32. The molecule has 2 heterocycles. The van der Waals surface area contributed by atoms with Crippen LogP contribution in [0.25, 0.3) is 22.2 Å². The molecule has 0 atom stereocenters. The zero-order chi connectivity index (χ0) is 24.2. The van der Waals surface area contributed by atoms with Crippen molar-refractivity contribution in [1.82, 2.24) is 9.97 Å². The number of benzene rings is 3. The van der Waals surface area contributed by atoms with E-state index in [0.29, 0.717) is 29.6 Å². The Bertz CT molecular complexity index is 1490. The van der Waals surface area contributed by atoms with Crippen molar-refractivity contribution in [2.45, 2.75) is 13.0 Å². The molecule has 5 rings (SSSR count). The first-order valence-electron chi connectivity index (χ1n) is 11.1. The largest absolute Gasteiger partial charge is 0.487 e. The number of nitrogens with zero attached hydrogens (tertiary/aromatic N) is 2. The summed E-state index contributed by atoms with van der Waals surface area (Å²) in [6.07, 6.45) is 2.20. The van der Waals surface area contributed by atoms with Gasteiger partial charge in [-0.1, -0.05) is 23.7 Å². The molecule has 0 aliphatic heterocycles. The van der Waals surface area contributed by atoms with E-state index in [1.165, 1.54) is 18.5 Å². The second-order valence-corrected chi connectivity index (χ2v) is 8.35. The topological polar surface area (TPSA) is 86.2 Å². The number of nitrogens with one attached hydrogen (secondary N) is 1. The molecule has 0 amide bonds. The van der Waals surface area contributed by atoms with Crippen LogP contribution >= 0.6 is 11.6 Å². The zero-order valence-corrected chi connectivity index (χ0v) is 19.4. The van der Waals surface area contributed by atoms with Gasteiger partial charge in [-0.25, -0.2) is 14.4 Å². The van der Waals surface area contributed by atoms with Crippen LogP contribution in [-0.2, 0) is 13.0 Å². The molecular formula is C27H22ClFN4O2. The van der Waals surface area contributed by atoms with Gasteiger partial charge in [0.05, 0.1) is 10.5 Å². The number of halogens is 2. The van der Waals surface area contributed by atoms with Crippen LogP contribution in [0.1, 0.15) is 11.3 Å². The van der Waals surface area contributed by atoms with Gasteiger partial charge in [-0.3, -0.25) is 0 Å². The molecule has 0 aliphatic rings. The van der Waals surface area contributed by atoms with Crippen molar-refractivity contribution in [1.29, 1.82) is 0 Å². The Morgan fingerprint density at radius 3 is 2.74 bits per heavy atom. The molecule has 0 saturated carbocycles. The zero-order valence-electron chi connectivity index (χ0n) is 18.7. The maximum Gasteiger partial charge on any atom is 0.141 e. The molecule has 0 unspecified atom stereocenters. The van der Waals surface area contributed by atoms with E-state index in [1.807, 2.05) is 36.4 Å². The van der Waals surface area contributed by atoms with E-state index in [1.54, 1.807) is 24.3 Å². The monoisotopic (exact) mass is 488 g/mol. The van der Waals surface area contributed by atoms with Crippen LogP contribution in [0.4, 0.5) is 15.9 Å². The second-order valence-electron chi connectivity index (χ2n) is 7.95. The standard InChI is InChI=1S/C27H22ClFN4O2/c28-23-14-20(5-8-26(23)34-15-17-2-1-3-19(29)12-17)33-27-22-13-18(4-7-24(22)31-16-32-27)25-9-6-21(35-25)10-11-30/h1-9,12-14,16H,10-11,15,30H2,(H,31,32,33). The van der Waals surface area contributed by atoms with E-state index < -0.39 is 0 Å². The molecule has 0 bridgehead atoms. The molecule has 176 valence electrons. The lowest BCUT2D eigenvalue weighted by Gasteiger charge is -2.12. The van der Waals surface area contributed by atoms with Gasteiger partial charge in [0.2, 0.25) is 0 Å². The van der Waals surface area contributed by atoms with Gasteiger partial charge in [0, 0.05) is 23.1 Å². The van der Waals surface area contributed by atoms with Gasteiger partial charge in [-0.15, -0.1) is 0 Å². The number of hydrogen-bond acceptors (Lipinski definition) is 6. The highest BCUT2D eigenvalue weighted by molar-refractivity contribution is 6.32. The fourth-order valence-electron chi connectivity index (χ4n) is 3.74. The van der Waals surface area contributed by atoms with Crippen molar-refractivity contribution in [3.05, 3.63) is 101 Å². The summed E-state index contributed by atoms with van der Waals surface area (Å²) < 4.78 is 25.1. The SMILES string of the molecule is NCCc1ccc(-c2ccc3ncnc(Nc4ccc(OCc5cccc(F)c5)c(Cl)c4)c3c2)o1. The van der Waals surface area contributed by atoms with Crippen molar-refractivity contribution >= 4 is 34.0 Å². The van der Waals surface area contributed by atoms with E-state index in [9.17, 15) is 4.39 Å². The average molecular weight is 489 g/mol. The summed E-state index contributed by atoms with van der Waals surface area (Å²) in [7, 11) is 0. The number of rotatable bonds is 8. The first-order valence-corrected chi connectivity index (χ1v) is 11.4. The van der Waals surface area contributed by atoms with E-state index in [0.717, 1.165) is 39.2 Å². The summed E-state index contributed by atoms with van der Waals surface area (Å²) in [5.74, 6) is 2.44. The third kappa shape index (κ3) is 5.26. The van der Waals surface area contributed by atoms with Crippen LogP contribution in [0, 0.1) is 5.82 Å². The van der Waals surface area contributed by atoms with Crippen LogP contribution in [0.3, 0.4) is 0 Å². The fourth-order valence-corrected chi connectivity index (χ4v) is 3.97. The minimum atomic E-state index is -0.306. The molecule has 0 saturated heterocycles.